The Balaban J connectivity index is 1.74. The maximum atomic E-state index is 13.2. The first kappa shape index (κ1) is 23.9. The number of fused-ring (bicyclic) bond motifs is 1. The molecule has 2 aromatic rings. The Morgan fingerprint density at radius 3 is 2.61 bits per heavy atom. The van der Waals surface area contributed by atoms with Crippen molar-refractivity contribution in [3.05, 3.63) is 26.7 Å². The molecule has 174 valence electrons. The quantitative estimate of drug-likeness (QED) is 0.406. The molecular weight excluding hydrogens is 416 g/mol. The average molecular weight is 453 g/mol. The summed E-state index contributed by atoms with van der Waals surface area (Å²) in [4.78, 5) is 30.4. The molecule has 9 nitrogen and oxygen atoms in total. The molecule has 1 unspecified atom stereocenters. The van der Waals surface area contributed by atoms with E-state index >= 15 is 0 Å². The van der Waals surface area contributed by atoms with Crippen LogP contribution in [0.2, 0.25) is 25.7 Å². The highest BCUT2D eigenvalue weighted by molar-refractivity contribution is 6.76. The summed E-state index contributed by atoms with van der Waals surface area (Å²) in [6, 6.07) is 1.05. The van der Waals surface area contributed by atoms with Crippen LogP contribution in [0.5, 0.6) is 0 Å². The zero-order chi connectivity index (χ0) is 22.6. The third kappa shape index (κ3) is 5.94. The van der Waals surface area contributed by atoms with Crippen molar-refractivity contribution in [3.8, 4) is 0 Å². The van der Waals surface area contributed by atoms with Crippen LogP contribution in [0.3, 0.4) is 0 Å². The second-order valence-electron chi connectivity index (χ2n) is 9.43. The van der Waals surface area contributed by atoms with Gasteiger partial charge in [0.25, 0.3) is 5.56 Å². The van der Waals surface area contributed by atoms with Gasteiger partial charge in [-0.3, -0.25) is 18.5 Å². The highest BCUT2D eigenvalue weighted by atomic mass is 28.3. The minimum atomic E-state index is -1.20. The lowest BCUT2D eigenvalue weighted by molar-refractivity contribution is -0.163. The van der Waals surface area contributed by atoms with E-state index in [1.54, 1.807) is 11.6 Å². The largest absolute Gasteiger partial charge is 0.361 e. The second kappa shape index (κ2) is 10.2. The van der Waals surface area contributed by atoms with Crippen LogP contribution in [-0.2, 0) is 34.5 Å². The van der Waals surface area contributed by atoms with Crippen molar-refractivity contribution in [1.29, 1.82) is 0 Å². The van der Waals surface area contributed by atoms with Crippen molar-refractivity contribution in [2.75, 3.05) is 19.8 Å². The molecule has 2 aromatic heterocycles. The van der Waals surface area contributed by atoms with Crippen molar-refractivity contribution in [1.82, 2.24) is 18.7 Å². The molecule has 1 fully saturated rings. The molecule has 10 heteroatoms. The van der Waals surface area contributed by atoms with E-state index in [0.717, 1.165) is 31.9 Å². The third-order valence-corrected chi connectivity index (χ3v) is 7.31. The molecule has 0 amide bonds. The van der Waals surface area contributed by atoms with Gasteiger partial charge in [0.15, 0.2) is 17.5 Å². The monoisotopic (exact) mass is 452 g/mol. The Bertz CT molecular complexity index is 998. The standard InChI is InChI=1S/C21H36N4O5Si/c1-16-22-19-18(25(16)15-28-13-14-31(3,4)5)20(26)24(21(27)23(19)2)10-8-12-30-17-9-6-7-11-29-17/h17H,6-15H2,1-5H3. The van der Waals surface area contributed by atoms with Gasteiger partial charge in [0.05, 0.1) is 6.61 Å². The van der Waals surface area contributed by atoms with Gasteiger partial charge >= 0.3 is 5.69 Å². The lowest BCUT2D eigenvalue weighted by atomic mass is 10.2. The molecule has 3 heterocycles. The van der Waals surface area contributed by atoms with E-state index in [-0.39, 0.29) is 30.8 Å². The van der Waals surface area contributed by atoms with Gasteiger partial charge in [-0.25, -0.2) is 9.78 Å². The molecule has 1 saturated heterocycles. The first-order valence-electron chi connectivity index (χ1n) is 11.2. The maximum absolute atomic E-state index is 13.2. The predicted octanol–water partition coefficient (Wildman–Crippen LogP) is 2.45. The number of ether oxygens (including phenoxy) is 3. The Morgan fingerprint density at radius 1 is 1.16 bits per heavy atom. The SMILES string of the molecule is Cc1nc2c(c(=O)n(CCCOC3CCCCO3)c(=O)n2C)n1COCC[Si](C)(C)C. The average Bonchev–Trinajstić information content (AvgIpc) is 3.05. The Labute approximate surface area is 183 Å². The van der Waals surface area contributed by atoms with Crippen LogP contribution in [0.4, 0.5) is 0 Å². The number of hydrogen-bond acceptors (Lipinski definition) is 6. The first-order chi connectivity index (χ1) is 14.7. The molecule has 0 spiro atoms. The molecular formula is C21H36N4O5Si. The van der Waals surface area contributed by atoms with Gasteiger partial charge in [0, 0.05) is 34.9 Å². The summed E-state index contributed by atoms with van der Waals surface area (Å²) in [5.41, 5.74) is 0.102. The summed E-state index contributed by atoms with van der Waals surface area (Å²) in [7, 11) is 0.452. The fourth-order valence-corrected chi connectivity index (χ4v) is 4.41. The van der Waals surface area contributed by atoms with Crippen molar-refractivity contribution < 1.29 is 14.2 Å². The van der Waals surface area contributed by atoms with Crippen LogP contribution in [0.25, 0.3) is 11.2 Å². The van der Waals surface area contributed by atoms with Gasteiger partial charge in [0.2, 0.25) is 0 Å². The summed E-state index contributed by atoms with van der Waals surface area (Å²) >= 11 is 0. The van der Waals surface area contributed by atoms with Crippen LogP contribution < -0.4 is 11.2 Å². The van der Waals surface area contributed by atoms with Crippen molar-refractivity contribution >= 4 is 19.2 Å². The molecule has 1 atom stereocenters. The molecule has 31 heavy (non-hydrogen) atoms. The Hall–Kier alpha value is -1.75. The van der Waals surface area contributed by atoms with E-state index in [1.165, 1.54) is 9.13 Å². The fraction of sp³-hybridized carbons (Fsp3) is 0.762. The van der Waals surface area contributed by atoms with E-state index in [1.807, 2.05) is 6.92 Å². The second-order valence-corrected chi connectivity index (χ2v) is 15.0. The maximum Gasteiger partial charge on any atom is 0.332 e. The van der Waals surface area contributed by atoms with Gasteiger partial charge in [0.1, 0.15) is 12.6 Å². The minimum Gasteiger partial charge on any atom is -0.361 e. The van der Waals surface area contributed by atoms with E-state index in [0.29, 0.717) is 36.6 Å². The van der Waals surface area contributed by atoms with Crippen LogP contribution in [-0.4, -0.2) is 52.9 Å². The summed E-state index contributed by atoms with van der Waals surface area (Å²) in [6.45, 7) is 11.1. The zero-order valence-electron chi connectivity index (χ0n) is 19.5. The molecule has 0 bridgehead atoms. The lowest BCUT2D eigenvalue weighted by Gasteiger charge is -2.22. The third-order valence-electron chi connectivity index (χ3n) is 5.61. The van der Waals surface area contributed by atoms with E-state index in [9.17, 15) is 9.59 Å². The minimum absolute atomic E-state index is 0.173. The molecule has 0 aromatic carbocycles. The van der Waals surface area contributed by atoms with E-state index < -0.39 is 8.07 Å². The van der Waals surface area contributed by atoms with E-state index in [2.05, 4.69) is 24.6 Å². The first-order valence-corrected chi connectivity index (χ1v) is 14.9. The Kier molecular flexibility index (Phi) is 7.90. The van der Waals surface area contributed by atoms with Gasteiger partial charge in [-0.05, 0) is 38.7 Å². The summed E-state index contributed by atoms with van der Waals surface area (Å²) < 4.78 is 21.6. The van der Waals surface area contributed by atoms with Crippen molar-refractivity contribution in [2.45, 2.75) is 77.9 Å². The number of nitrogens with zero attached hydrogens (tertiary/aromatic N) is 4. The van der Waals surface area contributed by atoms with Crippen LogP contribution in [0, 0.1) is 6.92 Å². The van der Waals surface area contributed by atoms with Crippen LogP contribution >= 0.6 is 0 Å². The molecule has 1 aliphatic rings. The molecule has 0 radical (unpaired) electrons. The van der Waals surface area contributed by atoms with Crippen LogP contribution in [0.15, 0.2) is 9.59 Å². The van der Waals surface area contributed by atoms with Gasteiger partial charge in [-0.2, -0.15) is 0 Å². The molecule has 0 saturated carbocycles. The van der Waals surface area contributed by atoms with Crippen molar-refractivity contribution in [3.63, 3.8) is 0 Å². The van der Waals surface area contributed by atoms with Gasteiger partial charge in [-0.15, -0.1) is 0 Å². The zero-order valence-corrected chi connectivity index (χ0v) is 20.5. The molecule has 0 aliphatic carbocycles. The summed E-state index contributed by atoms with van der Waals surface area (Å²) in [5.74, 6) is 0.658. The summed E-state index contributed by atoms with van der Waals surface area (Å²) in [6.07, 6.45) is 3.45. The number of aromatic nitrogens is 4. The fourth-order valence-electron chi connectivity index (χ4n) is 3.65. The van der Waals surface area contributed by atoms with Crippen molar-refractivity contribution in [2.24, 2.45) is 7.05 Å². The summed E-state index contributed by atoms with van der Waals surface area (Å²) in [5, 5.41) is 0. The Morgan fingerprint density at radius 2 is 1.94 bits per heavy atom. The molecule has 1 aliphatic heterocycles. The van der Waals surface area contributed by atoms with Crippen LogP contribution in [0.1, 0.15) is 31.5 Å². The number of hydrogen-bond donors (Lipinski definition) is 0. The number of aryl methyl sites for hydroxylation is 2. The molecule has 0 N–H and O–H groups in total. The number of rotatable bonds is 10. The van der Waals surface area contributed by atoms with E-state index in [4.69, 9.17) is 14.2 Å². The lowest BCUT2D eigenvalue weighted by Crippen LogP contribution is -2.40. The van der Waals surface area contributed by atoms with Gasteiger partial charge in [-0.1, -0.05) is 19.6 Å². The highest BCUT2D eigenvalue weighted by Gasteiger charge is 2.19. The smallest absolute Gasteiger partial charge is 0.332 e. The molecule has 3 rings (SSSR count). The predicted molar refractivity (Wildman–Crippen MR) is 122 cm³/mol. The van der Waals surface area contributed by atoms with Gasteiger partial charge < -0.3 is 14.2 Å². The normalized spacial score (nSPS) is 17.5. The topological polar surface area (TPSA) is 89.5 Å². The number of imidazole rings is 1. The highest BCUT2D eigenvalue weighted by Crippen LogP contribution is 2.14.